The van der Waals surface area contributed by atoms with Crippen molar-refractivity contribution >= 4 is 0 Å². The minimum absolute atomic E-state index is 0.0953. The minimum atomic E-state index is -0.0953. The molecule has 21 heavy (non-hydrogen) atoms. The maximum atomic E-state index is 9.51. The summed E-state index contributed by atoms with van der Waals surface area (Å²) in [6.07, 6.45) is 0. The molecule has 0 saturated heterocycles. The van der Waals surface area contributed by atoms with Gasteiger partial charge in [0, 0.05) is 44.2 Å². The monoisotopic (exact) mass is 291 g/mol. The van der Waals surface area contributed by atoms with E-state index in [9.17, 15) is 5.11 Å². The zero-order valence-corrected chi connectivity index (χ0v) is 13.8. The highest BCUT2D eigenvalue weighted by molar-refractivity contribution is 5.38. The quantitative estimate of drug-likeness (QED) is 0.835. The van der Waals surface area contributed by atoms with Crippen LogP contribution in [0.25, 0.3) is 0 Å². The van der Waals surface area contributed by atoms with E-state index < -0.39 is 0 Å². The first-order valence-corrected chi connectivity index (χ1v) is 7.67. The molecule has 3 N–H and O–H groups in total. The molecule has 0 saturated carbocycles. The summed E-state index contributed by atoms with van der Waals surface area (Å²) in [5, 5.41) is 9.51. The van der Waals surface area contributed by atoms with Crippen LogP contribution in [0.5, 0.6) is 0 Å². The van der Waals surface area contributed by atoms with E-state index in [4.69, 9.17) is 5.73 Å². The highest BCUT2D eigenvalue weighted by atomic mass is 16.3. The highest BCUT2D eigenvalue weighted by Gasteiger charge is 2.33. The Hall–Kier alpha value is -0.940. The zero-order valence-electron chi connectivity index (χ0n) is 13.8. The van der Waals surface area contributed by atoms with E-state index >= 15 is 0 Å². The first kappa shape index (κ1) is 16.4. The van der Waals surface area contributed by atoms with Crippen LogP contribution in [0, 0.1) is 5.41 Å². The van der Waals surface area contributed by atoms with Crippen molar-refractivity contribution in [3.8, 4) is 0 Å². The van der Waals surface area contributed by atoms with Crippen LogP contribution in [0.4, 0.5) is 0 Å². The van der Waals surface area contributed by atoms with Gasteiger partial charge in [0.25, 0.3) is 0 Å². The number of hydrogen-bond acceptors (Lipinski definition) is 4. The second kappa shape index (κ2) is 6.44. The molecule has 0 radical (unpaired) electrons. The Morgan fingerprint density at radius 1 is 1.38 bits per heavy atom. The zero-order chi connectivity index (χ0) is 15.6. The number of hydrogen-bond donors (Lipinski definition) is 2. The molecule has 0 spiro atoms. The fourth-order valence-corrected chi connectivity index (χ4v) is 3.13. The van der Waals surface area contributed by atoms with Crippen LogP contribution in [-0.2, 0) is 13.1 Å². The fraction of sp³-hybridized carbons (Fsp3) is 0.647. The Kier molecular flexibility index (Phi) is 5.04. The molecule has 0 amide bonds. The van der Waals surface area contributed by atoms with Crippen LogP contribution in [0.15, 0.2) is 18.2 Å². The molecule has 0 bridgehead atoms. The van der Waals surface area contributed by atoms with E-state index in [0.29, 0.717) is 6.54 Å². The van der Waals surface area contributed by atoms with Gasteiger partial charge in [0.15, 0.2) is 0 Å². The number of nitrogens with zero attached hydrogens (tertiary/aromatic N) is 2. The first-order valence-electron chi connectivity index (χ1n) is 7.67. The molecule has 1 atom stereocenters. The summed E-state index contributed by atoms with van der Waals surface area (Å²) < 4.78 is 0. The van der Waals surface area contributed by atoms with Gasteiger partial charge in [0.2, 0.25) is 0 Å². The minimum Gasteiger partial charge on any atom is -0.396 e. The molecule has 4 heteroatoms. The van der Waals surface area contributed by atoms with Crippen molar-refractivity contribution in [3.63, 3.8) is 0 Å². The van der Waals surface area contributed by atoms with Crippen molar-refractivity contribution in [2.45, 2.75) is 33.0 Å². The molecule has 1 aliphatic rings. The SMILES string of the molecule is CN(C)Cc1ccc2c(c1)C(CN)N(CC(C)(C)CO)C2. The van der Waals surface area contributed by atoms with Gasteiger partial charge in [-0.3, -0.25) is 4.90 Å². The van der Waals surface area contributed by atoms with Crippen LogP contribution < -0.4 is 5.73 Å². The number of aliphatic hydroxyl groups is 1. The molecule has 1 aromatic carbocycles. The molecular formula is C17H29N3O. The van der Waals surface area contributed by atoms with Gasteiger partial charge in [0.05, 0.1) is 0 Å². The summed E-state index contributed by atoms with van der Waals surface area (Å²) in [6, 6.07) is 7.03. The van der Waals surface area contributed by atoms with Gasteiger partial charge in [-0.15, -0.1) is 0 Å². The smallest absolute Gasteiger partial charge is 0.0494 e. The Balaban J connectivity index is 2.21. The third-order valence-electron chi connectivity index (χ3n) is 4.16. The van der Waals surface area contributed by atoms with Crippen LogP contribution >= 0.6 is 0 Å². The van der Waals surface area contributed by atoms with E-state index in [1.165, 1.54) is 16.7 Å². The van der Waals surface area contributed by atoms with Gasteiger partial charge in [-0.1, -0.05) is 32.0 Å². The second-order valence-corrected chi connectivity index (χ2v) is 7.25. The predicted molar refractivity (Wildman–Crippen MR) is 86.9 cm³/mol. The van der Waals surface area contributed by atoms with Gasteiger partial charge >= 0.3 is 0 Å². The number of nitrogens with two attached hydrogens (primary N) is 1. The lowest BCUT2D eigenvalue weighted by Crippen LogP contribution is -2.37. The van der Waals surface area contributed by atoms with Crippen LogP contribution in [0.3, 0.4) is 0 Å². The van der Waals surface area contributed by atoms with Gasteiger partial charge in [-0.25, -0.2) is 0 Å². The summed E-state index contributed by atoms with van der Waals surface area (Å²) in [7, 11) is 4.17. The second-order valence-electron chi connectivity index (χ2n) is 7.25. The maximum Gasteiger partial charge on any atom is 0.0494 e. The molecule has 4 nitrogen and oxygen atoms in total. The molecule has 0 aliphatic carbocycles. The van der Waals surface area contributed by atoms with E-state index in [2.05, 4.69) is 55.9 Å². The average Bonchev–Trinajstić information content (AvgIpc) is 2.73. The molecule has 0 aromatic heterocycles. The predicted octanol–water partition coefficient (Wildman–Crippen LogP) is 1.58. The summed E-state index contributed by atoms with van der Waals surface area (Å²) in [5.41, 5.74) is 10.0. The Bertz CT molecular complexity index is 485. The van der Waals surface area contributed by atoms with Gasteiger partial charge in [-0.05, 0) is 30.8 Å². The lowest BCUT2D eigenvalue weighted by atomic mass is 9.93. The maximum absolute atomic E-state index is 9.51. The third kappa shape index (κ3) is 3.83. The Morgan fingerprint density at radius 3 is 2.67 bits per heavy atom. The first-order chi connectivity index (χ1) is 9.86. The lowest BCUT2D eigenvalue weighted by molar-refractivity contribution is 0.0845. The normalized spacial score (nSPS) is 19.3. The van der Waals surface area contributed by atoms with Crippen molar-refractivity contribution in [2.75, 3.05) is 33.8 Å². The number of rotatable bonds is 6. The molecule has 1 aliphatic heterocycles. The number of fused-ring (bicyclic) bond motifs is 1. The van der Waals surface area contributed by atoms with Gasteiger partial charge in [0.1, 0.15) is 0 Å². The summed E-state index contributed by atoms with van der Waals surface area (Å²) in [6.45, 7) is 7.77. The molecule has 1 aromatic rings. The van der Waals surface area contributed by atoms with Crippen molar-refractivity contribution in [2.24, 2.45) is 11.1 Å². The lowest BCUT2D eigenvalue weighted by Gasteiger charge is -2.32. The Morgan fingerprint density at radius 2 is 2.10 bits per heavy atom. The van der Waals surface area contributed by atoms with Crippen LogP contribution in [0.1, 0.15) is 36.6 Å². The standard InChI is InChI=1S/C17H29N3O/c1-17(2,12-21)11-20-10-14-6-5-13(9-19(3)4)7-15(14)16(20)8-18/h5-7,16,21H,8-12,18H2,1-4H3. The molecule has 1 unspecified atom stereocenters. The molecular weight excluding hydrogens is 262 g/mol. The van der Waals surface area contributed by atoms with Crippen molar-refractivity contribution in [1.82, 2.24) is 9.80 Å². The molecule has 118 valence electrons. The van der Waals surface area contributed by atoms with Crippen LogP contribution in [-0.4, -0.2) is 48.7 Å². The summed E-state index contributed by atoms with van der Waals surface area (Å²) >= 11 is 0. The number of benzene rings is 1. The molecule has 2 rings (SSSR count). The van der Waals surface area contributed by atoms with Gasteiger partial charge < -0.3 is 15.7 Å². The summed E-state index contributed by atoms with van der Waals surface area (Å²) in [4.78, 5) is 4.58. The van der Waals surface area contributed by atoms with Crippen molar-refractivity contribution in [1.29, 1.82) is 0 Å². The van der Waals surface area contributed by atoms with E-state index in [0.717, 1.165) is 19.6 Å². The van der Waals surface area contributed by atoms with Crippen molar-refractivity contribution < 1.29 is 5.11 Å². The van der Waals surface area contributed by atoms with E-state index in [-0.39, 0.29) is 18.1 Å². The average molecular weight is 291 g/mol. The van der Waals surface area contributed by atoms with E-state index in [1.807, 2.05) is 0 Å². The Labute approximate surface area is 128 Å². The third-order valence-corrected chi connectivity index (χ3v) is 4.16. The highest BCUT2D eigenvalue weighted by Crippen LogP contribution is 2.36. The van der Waals surface area contributed by atoms with Gasteiger partial charge in [-0.2, -0.15) is 0 Å². The molecule has 1 heterocycles. The fourth-order valence-electron chi connectivity index (χ4n) is 3.13. The largest absolute Gasteiger partial charge is 0.396 e. The topological polar surface area (TPSA) is 52.7 Å². The van der Waals surface area contributed by atoms with E-state index in [1.54, 1.807) is 0 Å². The summed E-state index contributed by atoms with van der Waals surface area (Å²) in [5.74, 6) is 0. The van der Waals surface area contributed by atoms with Crippen LogP contribution in [0.2, 0.25) is 0 Å². The molecule has 0 fully saturated rings. The van der Waals surface area contributed by atoms with Crippen molar-refractivity contribution in [3.05, 3.63) is 34.9 Å². The number of aliphatic hydroxyl groups excluding tert-OH is 1.